The summed E-state index contributed by atoms with van der Waals surface area (Å²) in [5.74, 6) is 0.836. The Kier molecular flexibility index (Phi) is 5.11. The van der Waals surface area contributed by atoms with Crippen LogP contribution in [0.3, 0.4) is 0 Å². The van der Waals surface area contributed by atoms with Gasteiger partial charge in [0.05, 0.1) is 5.41 Å². The highest BCUT2D eigenvalue weighted by Crippen LogP contribution is 2.41. The predicted molar refractivity (Wildman–Crippen MR) is 81.8 cm³/mol. The fourth-order valence-electron chi connectivity index (χ4n) is 4.30. The van der Waals surface area contributed by atoms with E-state index in [1.54, 1.807) is 0 Å². The van der Waals surface area contributed by atoms with Gasteiger partial charge in [0.15, 0.2) is 0 Å². The molecule has 2 aliphatic carbocycles. The van der Waals surface area contributed by atoms with Crippen molar-refractivity contribution in [2.75, 3.05) is 13.6 Å². The van der Waals surface area contributed by atoms with E-state index in [4.69, 9.17) is 0 Å². The molecule has 2 rings (SSSR count). The van der Waals surface area contributed by atoms with E-state index >= 15 is 0 Å². The average Bonchev–Trinajstić information content (AvgIpc) is 2.41. The van der Waals surface area contributed by atoms with Gasteiger partial charge in [-0.3, -0.25) is 4.79 Å². The number of hydrogen-bond donors (Lipinski definition) is 1. The highest BCUT2D eigenvalue weighted by Gasteiger charge is 2.43. The Bertz CT molecular complexity index is 334. The Hall–Kier alpha value is -0.570. The molecule has 0 amide bonds. The van der Waals surface area contributed by atoms with Crippen molar-refractivity contribution in [3.05, 3.63) is 0 Å². The summed E-state index contributed by atoms with van der Waals surface area (Å²) in [6, 6.07) is 0.583. The molecule has 2 fully saturated rings. The zero-order valence-electron chi connectivity index (χ0n) is 13.4. The molecule has 0 aromatic rings. The first-order chi connectivity index (χ1) is 9.44. The normalized spacial score (nSPS) is 38.9. The van der Waals surface area contributed by atoms with Crippen LogP contribution in [0.15, 0.2) is 0 Å². The number of carboxylic acids is 1. The zero-order valence-corrected chi connectivity index (χ0v) is 13.4. The lowest BCUT2D eigenvalue weighted by molar-refractivity contribution is -0.153. The maximum atomic E-state index is 11.9. The molecule has 20 heavy (non-hydrogen) atoms. The largest absolute Gasteiger partial charge is 0.481 e. The van der Waals surface area contributed by atoms with Crippen LogP contribution in [0.2, 0.25) is 0 Å². The second-order valence-electron chi connectivity index (χ2n) is 7.51. The van der Waals surface area contributed by atoms with E-state index in [1.165, 1.54) is 25.7 Å². The molecular weight excluding hydrogens is 250 g/mol. The Morgan fingerprint density at radius 1 is 1.15 bits per heavy atom. The Balaban J connectivity index is 2.02. The number of carbonyl (C=O) groups is 1. The van der Waals surface area contributed by atoms with Crippen LogP contribution in [0.1, 0.15) is 65.2 Å². The SMILES string of the molecule is CC1CCC(CN(C)C2CCCCC2C)(C(=O)O)CC1. The quantitative estimate of drug-likeness (QED) is 0.852. The molecule has 2 saturated carbocycles. The van der Waals surface area contributed by atoms with E-state index in [1.807, 2.05) is 0 Å². The topological polar surface area (TPSA) is 40.5 Å². The Morgan fingerprint density at radius 3 is 2.30 bits per heavy atom. The number of rotatable bonds is 4. The van der Waals surface area contributed by atoms with Crippen LogP contribution >= 0.6 is 0 Å². The lowest BCUT2D eigenvalue weighted by Gasteiger charge is -2.43. The van der Waals surface area contributed by atoms with E-state index in [2.05, 4.69) is 25.8 Å². The van der Waals surface area contributed by atoms with Crippen molar-refractivity contribution in [2.24, 2.45) is 17.3 Å². The summed E-state index contributed by atoms with van der Waals surface area (Å²) in [5, 5.41) is 9.76. The molecule has 2 atom stereocenters. The van der Waals surface area contributed by atoms with E-state index in [9.17, 15) is 9.90 Å². The van der Waals surface area contributed by atoms with Gasteiger partial charge in [0, 0.05) is 12.6 Å². The minimum atomic E-state index is -0.570. The molecule has 2 aliphatic rings. The summed E-state index contributed by atoms with van der Waals surface area (Å²) < 4.78 is 0. The van der Waals surface area contributed by atoms with Crippen molar-refractivity contribution in [1.29, 1.82) is 0 Å². The van der Waals surface area contributed by atoms with Crippen LogP contribution < -0.4 is 0 Å². The smallest absolute Gasteiger partial charge is 0.310 e. The highest BCUT2D eigenvalue weighted by atomic mass is 16.4. The highest BCUT2D eigenvalue weighted by molar-refractivity contribution is 5.75. The molecule has 3 nitrogen and oxygen atoms in total. The molecule has 1 N–H and O–H groups in total. The molecule has 0 bridgehead atoms. The van der Waals surface area contributed by atoms with Crippen molar-refractivity contribution in [3.8, 4) is 0 Å². The van der Waals surface area contributed by atoms with Crippen molar-refractivity contribution in [2.45, 2.75) is 71.3 Å². The van der Waals surface area contributed by atoms with Gasteiger partial charge in [-0.2, -0.15) is 0 Å². The third-order valence-electron chi connectivity index (χ3n) is 5.87. The van der Waals surface area contributed by atoms with Gasteiger partial charge in [-0.1, -0.05) is 26.7 Å². The average molecular weight is 281 g/mol. The second-order valence-corrected chi connectivity index (χ2v) is 7.51. The van der Waals surface area contributed by atoms with Gasteiger partial charge >= 0.3 is 5.97 Å². The van der Waals surface area contributed by atoms with Gasteiger partial charge in [0.2, 0.25) is 0 Å². The van der Waals surface area contributed by atoms with Crippen LogP contribution in [-0.4, -0.2) is 35.6 Å². The summed E-state index contributed by atoms with van der Waals surface area (Å²) in [5.41, 5.74) is -0.488. The van der Waals surface area contributed by atoms with E-state index in [0.29, 0.717) is 17.9 Å². The monoisotopic (exact) mass is 281 g/mol. The maximum absolute atomic E-state index is 11.9. The molecule has 0 aromatic carbocycles. The van der Waals surface area contributed by atoms with Crippen LogP contribution in [0.4, 0.5) is 0 Å². The zero-order chi connectivity index (χ0) is 14.8. The van der Waals surface area contributed by atoms with Crippen molar-refractivity contribution >= 4 is 5.97 Å². The summed E-state index contributed by atoms with van der Waals surface area (Å²) in [6.45, 7) is 5.32. The van der Waals surface area contributed by atoms with Gasteiger partial charge in [0.25, 0.3) is 0 Å². The first-order valence-corrected chi connectivity index (χ1v) is 8.38. The molecule has 0 aliphatic heterocycles. The fourth-order valence-corrected chi connectivity index (χ4v) is 4.30. The summed E-state index contributed by atoms with van der Waals surface area (Å²) in [6.07, 6.45) is 9.03. The minimum Gasteiger partial charge on any atom is -0.481 e. The summed E-state index contributed by atoms with van der Waals surface area (Å²) in [7, 11) is 2.15. The standard InChI is InChI=1S/C17H31NO2/c1-13-8-10-17(11-9-13,16(19)20)12-18(3)15-7-5-4-6-14(15)2/h13-15H,4-12H2,1-3H3,(H,19,20). The number of carboxylic acid groups (broad SMARTS) is 1. The van der Waals surface area contributed by atoms with E-state index < -0.39 is 11.4 Å². The van der Waals surface area contributed by atoms with Crippen molar-refractivity contribution in [1.82, 2.24) is 4.90 Å². The van der Waals surface area contributed by atoms with E-state index in [-0.39, 0.29) is 0 Å². The Labute approximate surface area is 123 Å². The van der Waals surface area contributed by atoms with Crippen molar-refractivity contribution in [3.63, 3.8) is 0 Å². The molecule has 3 heteroatoms. The molecule has 116 valence electrons. The van der Waals surface area contributed by atoms with Gasteiger partial charge in [-0.25, -0.2) is 0 Å². The maximum Gasteiger partial charge on any atom is 0.310 e. The van der Waals surface area contributed by atoms with Crippen LogP contribution in [-0.2, 0) is 4.79 Å². The van der Waals surface area contributed by atoms with Crippen LogP contribution in [0.25, 0.3) is 0 Å². The lowest BCUT2D eigenvalue weighted by Crippen LogP contribution is -2.49. The predicted octanol–water partition coefficient (Wildman–Crippen LogP) is 3.78. The Morgan fingerprint density at radius 2 is 1.75 bits per heavy atom. The minimum absolute atomic E-state index is 0.488. The first kappa shape index (κ1) is 15.8. The first-order valence-electron chi connectivity index (χ1n) is 8.38. The number of aliphatic carboxylic acids is 1. The third-order valence-corrected chi connectivity index (χ3v) is 5.87. The molecular formula is C17H31NO2. The molecule has 0 heterocycles. The molecule has 2 unspecified atom stereocenters. The number of nitrogens with zero attached hydrogens (tertiary/aromatic N) is 1. The van der Waals surface area contributed by atoms with Crippen LogP contribution in [0, 0.1) is 17.3 Å². The van der Waals surface area contributed by atoms with Crippen LogP contribution in [0.5, 0.6) is 0 Å². The molecule has 0 saturated heterocycles. The van der Waals surface area contributed by atoms with Gasteiger partial charge in [0.1, 0.15) is 0 Å². The lowest BCUT2D eigenvalue weighted by atomic mass is 9.70. The third kappa shape index (κ3) is 3.36. The summed E-state index contributed by atoms with van der Waals surface area (Å²) in [4.78, 5) is 14.2. The van der Waals surface area contributed by atoms with Crippen molar-refractivity contribution < 1.29 is 9.90 Å². The molecule has 0 radical (unpaired) electrons. The molecule has 0 aromatic heterocycles. The fraction of sp³-hybridized carbons (Fsp3) is 0.941. The number of hydrogen-bond acceptors (Lipinski definition) is 2. The van der Waals surface area contributed by atoms with Gasteiger partial charge in [-0.05, 0) is 57.4 Å². The summed E-state index contributed by atoms with van der Waals surface area (Å²) >= 11 is 0. The van der Waals surface area contributed by atoms with Gasteiger partial charge in [-0.15, -0.1) is 0 Å². The van der Waals surface area contributed by atoms with E-state index in [0.717, 1.165) is 32.2 Å². The molecule has 0 spiro atoms. The second kappa shape index (κ2) is 6.46. The van der Waals surface area contributed by atoms with Gasteiger partial charge < -0.3 is 10.0 Å².